The summed E-state index contributed by atoms with van der Waals surface area (Å²) in [7, 11) is -3.97. The zero-order chi connectivity index (χ0) is 14.9. The standard InChI is InChI=1S/C11H13N5O3S/c1-7-13-6-16(15-7)10-4-3-9(14-8(2)17)5-11(10)20(12,18)19/h3-6H,1-2H3,(H,14,17)(H2,12,18,19). The van der Waals surface area contributed by atoms with E-state index in [1.807, 2.05) is 0 Å². The summed E-state index contributed by atoms with van der Waals surface area (Å²) in [6.45, 7) is 3.00. The predicted octanol–water partition coefficient (Wildman–Crippen LogP) is 0.182. The van der Waals surface area contributed by atoms with Gasteiger partial charge in [0.05, 0.1) is 5.69 Å². The Morgan fingerprint density at radius 1 is 1.40 bits per heavy atom. The first kappa shape index (κ1) is 14.2. The van der Waals surface area contributed by atoms with Crippen LogP contribution >= 0.6 is 0 Å². The first-order valence-electron chi connectivity index (χ1n) is 5.60. The lowest BCUT2D eigenvalue weighted by Gasteiger charge is -2.10. The van der Waals surface area contributed by atoms with Crippen LogP contribution < -0.4 is 10.5 Å². The summed E-state index contributed by atoms with van der Waals surface area (Å²) in [5.41, 5.74) is 0.601. The normalized spacial score (nSPS) is 11.3. The Balaban J connectivity index is 2.60. The van der Waals surface area contributed by atoms with E-state index in [2.05, 4.69) is 15.4 Å². The Kier molecular flexibility index (Phi) is 3.55. The fourth-order valence-corrected chi connectivity index (χ4v) is 2.42. The van der Waals surface area contributed by atoms with E-state index in [-0.39, 0.29) is 16.5 Å². The molecule has 3 N–H and O–H groups in total. The molecule has 9 heteroatoms. The van der Waals surface area contributed by atoms with E-state index in [0.29, 0.717) is 11.5 Å². The molecule has 0 radical (unpaired) electrons. The molecule has 1 heterocycles. The van der Waals surface area contributed by atoms with E-state index in [4.69, 9.17) is 5.14 Å². The summed E-state index contributed by atoms with van der Waals surface area (Å²) in [6.07, 6.45) is 1.39. The highest BCUT2D eigenvalue weighted by atomic mass is 32.2. The van der Waals surface area contributed by atoms with Crippen molar-refractivity contribution in [2.75, 3.05) is 5.32 Å². The van der Waals surface area contributed by atoms with Gasteiger partial charge in [-0.2, -0.15) is 5.10 Å². The number of rotatable bonds is 3. The number of anilines is 1. The number of amides is 1. The SMILES string of the molecule is CC(=O)Nc1ccc(-n2cnc(C)n2)c(S(N)(=O)=O)c1. The number of carbonyl (C=O) groups excluding carboxylic acids is 1. The minimum Gasteiger partial charge on any atom is -0.326 e. The number of sulfonamides is 1. The molecule has 0 fully saturated rings. The van der Waals surface area contributed by atoms with Gasteiger partial charge in [-0.05, 0) is 25.1 Å². The Morgan fingerprint density at radius 3 is 2.60 bits per heavy atom. The monoisotopic (exact) mass is 295 g/mol. The lowest BCUT2D eigenvalue weighted by molar-refractivity contribution is -0.114. The lowest BCUT2D eigenvalue weighted by Crippen LogP contribution is -2.16. The van der Waals surface area contributed by atoms with Gasteiger partial charge in [-0.15, -0.1) is 0 Å². The zero-order valence-corrected chi connectivity index (χ0v) is 11.7. The van der Waals surface area contributed by atoms with E-state index < -0.39 is 10.0 Å². The fourth-order valence-electron chi connectivity index (χ4n) is 1.67. The van der Waals surface area contributed by atoms with Gasteiger partial charge < -0.3 is 5.32 Å². The molecule has 2 rings (SSSR count). The second kappa shape index (κ2) is 5.02. The number of hydrogen-bond acceptors (Lipinski definition) is 5. The summed E-state index contributed by atoms with van der Waals surface area (Å²) in [5, 5.41) is 11.7. The van der Waals surface area contributed by atoms with Crippen LogP contribution in [0.4, 0.5) is 5.69 Å². The number of benzene rings is 1. The fraction of sp³-hybridized carbons (Fsp3) is 0.182. The van der Waals surface area contributed by atoms with Crippen LogP contribution in [-0.4, -0.2) is 29.1 Å². The van der Waals surface area contributed by atoms with Crippen molar-refractivity contribution in [1.29, 1.82) is 0 Å². The molecule has 0 atom stereocenters. The van der Waals surface area contributed by atoms with Gasteiger partial charge in [0.15, 0.2) is 0 Å². The second-order valence-corrected chi connectivity index (χ2v) is 5.67. The third-order valence-corrected chi connectivity index (χ3v) is 3.38. The van der Waals surface area contributed by atoms with Crippen molar-refractivity contribution < 1.29 is 13.2 Å². The molecular formula is C11H13N5O3S. The number of nitrogens with zero attached hydrogens (tertiary/aromatic N) is 3. The van der Waals surface area contributed by atoms with Crippen LogP contribution in [0.2, 0.25) is 0 Å². The number of carbonyl (C=O) groups is 1. The quantitative estimate of drug-likeness (QED) is 0.837. The van der Waals surface area contributed by atoms with Gasteiger partial charge in [0, 0.05) is 12.6 Å². The predicted molar refractivity (Wildman–Crippen MR) is 71.8 cm³/mol. The molecule has 20 heavy (non-hydrogen) atoms. The van der Waals surface area contributed by atoms with Crippen LogP contribution in [-0.2, 0) is 14.8 Å². The van der Waals surface area contributed by atoms with Gasteiger partial charge >= 0.3 is 0 Å². The largest absolute Gasteiger partial charge is 0.326 e. The minimum absolute atomic E-state index is 0.145. The van der Waals surface area contributed by atoms with Crippen LogP contribution in [0.5, 0.6) is 0 Å². The van der Waals surface area contributed by atoms with Crippen molar-refractivity contribution in [3.05, 3.63) is 30.4 Å². The number of aryl methyl sites for hydroxylation is 1. The van der Waals surface area contributed by atoms with E-state index in [1.54, 1.807) is 13.0 Å². The van der Waals surface area contributed by atoms with E-state index >= 15 is 0 Å². The summed E-state index contributed by atoms with van der Waals surface area (Å²) in [5.74, 6) is 0.186. The van der Waals surface area contributed by atoms with Crippen molar-refractivity contribution in [3.8, 4) is 5.69 Å². The van der Waals surface area contributed by atoms with Crippen molar-refractivity contribution >= 4 is 21.6 Å². The average Bonchev–Trinajstić information content (AvgIpc) is 2.74. The number of nitrogens with one attached hydrogen (secondary N) is 1. The first-order valence-corrected chi connectivity index (χ1v) is 7.15. The van der Waals surface area contributed by atoms with Gasteiger partial charge in [0.25, 0.3) is 0 Å². The molecule has 0 aliphatic rings. The number of hydrogen-bond donors (Lipinski definition) is 2. The highest BCUT2D eigenvalue weighted by molar-refractivity contribution is 7.89. The summed E-state index contributed by atoms with van der Waals surface area (Å²) in [4.78, 5) is 14.8. The van der Waals surface area contributed by atoms with Gasteiger partial charge in [-0.25, -0.2) is 23.2 Å². The third kappa shape index (κ3) is 3.00. The molecule has 0 bridgehead atoms. The van der Waals surface area contributed by atoms with Gasteiger partial charge in [-0.1, -0.05) is 0 Å². The van der Waals surface area contributed by atoms with Crippen LogP contribution in [0.3, 0.4) is 0 Å². The van der Waals surface area contributed by atoms with Gasteiger partial charge in [0.1, 0.15) is 17.0 Å². The number of aromatic nitrogens is 3. The maximum atomic E-state index is 11.7. The van der Waals surface area contributed by atoms with Crippen LogP contribution in [0.15, 0.2) is 29.4 Å². The van der Waals surface area contributed by atoms with E-state index in [1.165, 1.54) is 30.1 Å². The maximum absolute atomic E-state index is 11.7. The molecule has 0 saturated heterocycles. The highest BCUT2D eigenvalue weighted by Crippen LogP contribution is 2.22. The molecule has 1 aromatic carbocycles. The van der Waals surface area contributed by atoms with Gasteiger partial charge in [0.2, 0.25) is 15.9 Å². The zero-order valence-electron chi connectivity index (χ0n) is 10.9. The Bertz CT molecular complexity index is 766. The molecule has 8 nitrogen and oxygen atoms in total. The Labute approximate surface area is 115 Å². The average molecular weight is 295 g/mol. The van der Waals surface area contributed by atoms with E-state index in [0.717, 1.165) is 0 Å². The van der Waals surface area contributed by atoms with Crippen molar-refractivity contribution in [1.82, 2.24) is 14.8 Å². The van der Waals surface area contributed by atoms with E-state index in [9.17, 15) is 13.2 Å². The smallest absolute Gasteiger partial charge is 0.240 e. The summed E-state index contributed by atoms with van der Waals surface area (Å²) < 4.78 is 24.7. The molecule has 1 aromatic heterocycles. The molecule has 2 aromatic rings. The highest BCUT2D eigenvalue weighted by Gasteiger charge is 2.17. The topological polar surface area (TPSA) is 120 Å². The number of nitrogens with two attached hydrogens (primary N) is 1. The molecule has 1 amide bonds. The molecule has 106 valence electrons. The first-order chi connectivity index (χ1) is 9.27. The van der Waals surface area contributed by atoms with Crippen LogP contribution in [0.1, 0.15) is 12.7 Å². The number of primary sulfonamides is 1. The third-order valence-electron chi connectivity index (χ3n) is 2.44. The van der Waals surface area contributed by atoms with Crippen molar-refractivity contribution in [2.45, 2.75) is 18.7 Å². The molecule has 0 saturated carbocycles. The van der Waals surface area contributed by atoms with Crippen molar-refractivity contribution in [2.24, 2.45) is 5.14 Å². The van der Waals surface area contributed by atoms with Gasteiger partial charge in [-0.3, -0.25) is 4.79 Å². The molecular weight excluding hydrogens is 282 g/mol. The molecule has 0 aliphatic heterocycles. The van der Waals surface area contributed by atoms with Crippen molar-refractivity contribution in [3.63, 3.8) is 0 Å². The minimum atomic E-state index is -3.97. The second-order valence-electron chi connectivity index (χ2n) is 4.15. The molecule has 0 spiro atoms. The lowest BCUT2D eigenvalue weighted by atomic mass is 10.3. The molecule has 0 unspecified atom stereocenters. The maximum Gasteiger partial charge on any atom is 0.240 e. The summed E-state index contributed by atoms with van der Waals surface area (Å²) >= 11 is 0. The Morgan fingerprint density at radius 2 is 2.10 bits per heavy atom. The van der Waals surface area contributed by atoms with Crippen LogP contribution in [0, 0.1) is 6.92 Å². The Hall–Kier alpha value is -2.26. The van der Waals surface area contributed by atoms with Crippen LogP contribution in [0.25, 0.3) is 5.69 Å². The summed E-state index contributed by atoms with van der Waals surface area (Å²) in [6, 6.07) is 4.34. The molecule has 0 aliphatic carbocycles.